The van der Waals surface area contributed by atoms with Crippen LogP contribution in [0.3, 0.4) is 0 Å². The number of methoxy groups -OCH3 is 1. The van der Waals surface area contributed by atoms with Crippen molar-refractivity contribution in [2.24, 2.45) is 0 Å². The molecule has 0 bridgehead atoms. The van der Waals surface area contributed by atoms with Crippen molar-refractivity contribution in [3.05, 3.63) is 42.5 Å². The Labute approximate surface area is 157 Å². The molecule has 0 saturated carbocycles. The first-order chi connectivity index (χ1) is 13.1. The van der Waals surface area contributed by atoms with E-state index >= 15 is 0 Å². The maximum absolute atomic E-state index is 11.7. The van der Waals surface area contributed by atoms with Crippen LogP contribution in [0.4, 0.5) is 16.2 Å². The summed E-state index contributed by atoms with van der Waals surface area (Å²) in [7, 11) is 1.64. The summed E-state index contributed by atoms with van der Waals surface area (Å²) >= 11 is 0. The maximum Gasteiger partial charge on any atom is 0.412 e. The number of hydrogen-bond acceptors (Lipinski definition) is 4. The van der Waals surface area contributed by atoms with Gasteiger partial charge >= 0.3 is 6.09 Å². The van der Waals surface area contributed by atoms with Crippen LogP contribution in [0.5, 0.6) is 5.75 Å². The average Bonchev–Trinajstić information content (AvgIpc) is 2.97. The number of hydrogen-bond donors (Lipinski definition) is 2. The summed E-state index contributed by atoms with van der Waals surface area (Å²) < 4.78 is 12.3. The van der Waals surface area contributed by atoms with E-state index in [1.807, 2.05) is 36.4 Å². The minimum absolute atomic E-state index is 0.0790. The van der Waals surface area contributed by atoms with Crippen molar-refractivity contribution in [1.29, 1.82) is 0 Å². The van der Waals surface area contributed by atoms with Gasteiger partial charge in [-0.3, -0.25) is 5.32 Å². The molecule has 0 saturated heterocycles. The van der Waals surface area contributed by atoms with Crippen LogP contribution in [0.2, 0.25) is 0 Å². The van der Waals surface area contributed by atoms with E-state index in [9.17, 15) is 4.79 Å². The summed E-state index contributed by atoms with van der Waals surface area (Å²) in [6.45, 7) is 2.71. The van der Waals surface area contributed by atoms with Crippen LogP contribution in [0.25, 0.3) is 22.2 Å². The van der Waals surface area contributed by atoms with Gasteiger partial charge in [0.2, 0.25) is 0 Å². The van der Waals surface area contributed by atoms with Gasteiger partial charge in [-0.25, -0.2) is 4.79 Å². The lowest BCUT2D eigenvalue weighted by Gasteiger charge is -2.11. The standard InChI is InChI=1S/C21H21N3O3/c1-4-11-27-21(25)23-15-8-6-7-14(12-15)20-19(22)17-10-9-16(26-3)13-18(17)24(20)5-2/h1,6-10,12-13H,5,11,22H2,2-3H3,(H,23,25). The molecule has 0 atom stereocenters. The molecule has 3 rings (SSSR count). The van der Waals surface area contributed by atoms with Gasteiger partial charge in [0.1, 0.15) is 5.75 Å². The molecule has 0 aliphatic rings. The lowest BCUT2D eigenvalue weighted by Crippen LogP contribution is -2.13. The molecule has 1 heterocycles. The van der Waals surface area contributed by atoms with Gasteiger partial charge in [-0.1, -0.05) is 18.1 Å². The molecule has 3 N–H and O–H groups in total. The number of rotatable bonds is 5. The number of nitrogen functional groups attached to an aromatic ring is 1. The highest BCUT2D eigenvalue weighted by Crippen LogP contribution is 2.38. The van der Waals surface area contributed by atoms with Crippen LogP contribution in [0.15, 0.2) is 42.5 Å². The van der Waals surface area contributed by atoms with Crippen molar-refractivity contribution < 1.29 is 14.3 Å². The Morgan fingerprint density at radius 1 is 1.30 bits per heavy atom. The van der Waals surface area contributed by atoms with Gasteiger partial charge in [-0.05, 0) is 31.2 Å². The number of nitrogens with two attached hydrogens (primary N) is 1. The smallest absolute Gasteiger partial charge is 0.412 e. The molecule has 0 unspecified atom stereocenters. The van der Waals surface area contributed by atoms with E-state index in [-0.39, 0.29) is 6.61 Å². The lowest BCUT2D eigenvalue weighted by molar-refractivity contribution is 0.176. The van der Waals surface area contributed by atoms with Gasteiger partial charge in [-0.15, -0.1) is 6.42 Å². The van der Waals surface area contributed by atoms with E-state index in [2.05, 4.69) is 22.7 Å². The third-order valence-corrected chi connectivity index (χ3v) is 4.30. The quantitative estimate of drug-likeness (QED) is 0.669. The number of aryl methyl sites for hydroxylation is 1. The minimum Gasteiger partial charge on any atom is -0.497 e. The van der Waals surface area contributed by atoms with Crippen LogP contribution in [-0.2, 0) is 11.3 Å². The Morgan fingerprint density at radius 2 is 2.11 bits per heavy atom. The SMILES string of the molecule is C#CCOC(=O)Nc1cccc(-c2c(N)c3ccc(OC)cc3n2CC)c1. The molecule has 6 nitrogen and oxygen atoms in total. The average molecular weight is 363 g/mol. The topological polar surface area (TPSA) is 78.5 Å². The molecule has 6 heteroatoms. The predicted molar refractivity (Wildman–Crippen MR) is 108 cm³/mol. The lowest BCUT2D eigenvalue weighted by atomic mass is 10.1. The summed E-state index contributed by atoms with van der Waals surface area (Å²) in [5, 5.41) is 3.63. The van der Waals surface area contributed by atoms with Crippen LogP contribution >= 0.6 is 0 Å². The van der Waals surface area contributed by atoms with Crippen molar-refractivity contribution in [2.75, 3.05) is 24.8 Å². The second kappa shape index (κ2) is 7.75. The molecule has 138 valence electrons. The normalized spacial score (nSPS) is 10.4. The number of aromatic nitrogens is 1. The first-order valence-electron chi connectivity index (χ1n) is 8.52. The zero-order valence-corrected chi connectivity index (χ0v) is 15.3. The van der Waals surface area contributed by atoms with Gasteiger partial charge in [0.15, 0.2) is 6.61 Å². The summed E-state index contributed by atoms with van der Waals surface area (Å²) in [6.07, 6.45) is 4.50. The number of anilines is 2. The number of benzene rings is 2. The number of amides is 1. The number of nitrogens with zero attached hydrogens (tertiary/aromatic N) is 1. The summed E-state index contributed by atoms with van der Waals surface area (Å²) in [6, 6.07) is 13.2. The molecule has 1 aromatic heterocycles. The van der Waals surface area contributed by atoms with E-state index in [1.165, 1.54) is 0 Å². The minimum atomic E-state index is -0.598. The van der Waals surface area contributed by atoms with Gasteiger partial charge in [0.05, 0.1) is 24.0 Å². The first-order valence-corrected chi connectivity index (χ1v) is 8.52. The molecule has 0 fully saturated rings. The van der Waals surface area contributed by atoms with Crippen LogP contribution in [0, 0.1) is 12.3 Å². The van der Waals surface area contributed by atoms with E-state index in [4.69, 9.17) is 21.6 Å². The molecule has 0 radical (unpaired) electrons. The van der Waals surface area contributed by atoms with Crippen molar-refractivity contribution >= 4 is 28.4 Å². The van der Waals surface area contributed by atoms with Crippen LogP contribution in [0.1, 0.15) is 6.92 Å². The Balaban J connectivity index is 2.05. The van der Waals surface area contributed by atoms with Crippen LogP contribution < -0.4 is 15.8 Å². The van der Waals surface area contributed by atoms with Crippen molar-refractivity contribution in [1.82, 2.24) is 4.57 Å². The second-order valence-corrected chi connectivity index (χ2v) is 5.88. The molecule has 0 aliphatic carbocycles. The second-order valence-electron chi connectivity index (χ2n) is 5.88. The highest BCUT2D eigenvalue weighted by Gasteiger charge is 2.17. The summed E-state index contributed by atoms with van der Waals surface area (Å²) in [5.41, 5.74) is 10.5. The fraction of sp³-hybridized carbons (Fsp3) is 0.190. The van der Waals surface area contributed by atoms with Gasteiger partial charge in [-0.2, -0.15) is 0 Å². The molecule has 2 aromatic carbocycles. The highest BCUT2D eigenvalue weighted by atomic mass is 16.5. The van der Waals surface area contributed by atoms with E-state index in [0.717, 1.165) is 34.5 Å². The van der Waals surface area contributed by atoms with Crippen molar-refractivity contribution in [3.63, 3.8) is 0 Å². The molecule has 1 amide bonds. The van der Waals surface area contributed by atoms with Gasteiger partial charge in [0, 0.05) is 29.2 Å². The molecular formula is C21H21N3O3. The number of terminal acetylenes is 1. The number of ether oxygens (including phenoxy) is 2. The Kier molecular flexibility index (Phi) is 5.23. The number of carbonyl (C=O) groups excluding carboxylic acids is 1. The Bertz CT molecular complexity index is 1030. The number of carbonyl (C=O) groups is 1. The molecular weight excluding hydrogens is 342 g/mol. The monoisotopic (exact) mass is 363 g/mol. The summed E-state index contributed by atoms with van der Waals surface area (Å²) in [5.74, 6) is 3.03. The third-order valence-electron chi connectivity index (χ3n) is 4.30. The van der Waals surface area contributed by atoms with E-state index < -0.39 is 6.09 Å². The fourth-order valence-electron chi connectivity index (χ4n) is 3.13. The van der Waals surface area contributed by atoms with E-state index in [0.29, 0.717) is 11.4 Å². The zero-order valence-electron chi connectivity index (χ0n) is 15.3. The molecule has 0 spiro atoms. The van der Waals surface area contributed by atoms with Gasteiger partial charge in [0.25, 0.3) is 0 Å². The van der Waals surface area contributed by atoms with Crippen LogP contribution in [-0.4, -0.2) is 24.4 Å². The van der Waals surface area contributed by atoms with Crippen molar-refractivity contribution in [2.45, 2.75) is 13.5 Å². The predicted octanol–water partition coefficient (Wildman–Crippen LogP) is 4.10. The zero-order chi connectivity index (χ0) is 19.4. The van der Waals surface area contributed by atoms with Gasteiger partial charge < -0.3 is 19.8 Å². The Morgan fingerprint density at radius 3 is 2.81 bits per heavy atom. The number of nitrogens with one attached hydrogen (secondary N) is 1. The summed E-state index contributed by atoms with van der Waals surface area (Å²) in [4.78, 5) is 11.7. The Hall–Kier alpha value is -3.59. The number of fused-ring (bicyclic) bond motifs is 1. The fourth-order valence-corrected chi connectivity index (χ4v) is 3.13. The van der Waals surface area contributed by atoms with Crippen molar-refractivity contribution in [3.8, 4) is 29.4 Å². The molecule has 27 heavy (non-hydrogen) atoms. The molecule has 3 aromatic rings. The largest absolute Gasteiger partial charge is 0.497 e. The van der Waals surface area contributed by atoms with E-state index in [1.54, 1.807) is 13.2 Å². The molecule has 0 aliphatic heterocycles. The highest BCUT2D eigenvalue weighted by molar-refractivity contribution is 6.02. The maximum atomic E-state index is 11.7. The third kappa shape index (κ3) is 3.53. The first kappa shape index (κ1) is 18.2.